The van der Waals surface area contributed by atoms with Crippen LogP contribution in [0.2, 0.25) is 0 Å². The molecule has 0 aromatic heterocycles. The predicted octanol–water partition coefficient (Wildman–Crippen LogP) is 7.73. The Balaban J connectivity index is 2.20. The summed E-state index contributed by atoms with van der Waals surface area (Å²) in [6.07, 6.45) is -12.2. The summed E-state index contributed by atoms with van der Waals surface area (Å²) in [6, 6.07) is 1.53. The number of carbonyl (C=O) groups excluding carboxylic acids is 2. The average Bonchev–Trinajstić information content (AvgIpc) is 2.89. The van der Waals surface area contributed by atoms with Gasteiger partial charge < -0.3 is 9.47 Å². The fourth-order valence-electron chi connectivity index (χ4n) is 4.71. The lowest BCUT2D eigenvalue weighted by Crippen LogP contribution is -2.47. The first-order chi connectivity index (χ1) is 18.7. The third-order valence-corrected chi connectivity index (χ3v) is 6.51. The summed E-state index contributed by atoms with van der Waals surface area (Å²) in [4.78, 5) is 27.7. The molecule has 2 aromatic carbocycles. The van der Waals surface area contributed by atoms with Crippen molar-refractivity contribution >= 4 is 17.9 Å². The third-order valence-electron chi connectivity index (χ3n) is 6.51. The number of benzene rings is 2. The molecule has 0 bridgehead atoms. The van der Waals surface area contributed by atoms with Gasteiger partial charge in [0.2, 0.25) is 0 Å². The molecule has 220 valence electrons. The molecule has 3 rings (SSSR count). The van der Waals surface area contributed by atoms with Gasteiger partial charge >= 0.3 is 24.5 Å². The van der Waals surface area contributed by atoms with Crippen LogP contribution in [-0.4, -0.2) is 36.8 Å². The lowest BCUT2D eigenvalue weighted by atomic mass is 9.88. The Morgan fingerprint density at radius 2 is 1.50 bits per heavy atom. The number of hydrogen-bond donors (Lipinski definition) is 0. The summed E-state index contributed by atoms with van der Waals surface area (Å²) in [5.41, 5.74) is -3.65. The minimum absolute atomic E-state index is 0.00921. The first-order valence-corrected chi connectivity index (χ1v) is 12.0. The van der Waals surface area contributed by atoms with E-state index in [4.69, 9.17) is 9.47 Å². The molecule has 0 spiro atoms. The molecule has 2 aromatic rings. The lowest BCUT2D eigenvalue weighted by molar-refractivity contribution is -0.143. The van der Waals surface area contributed by atoms with Crippen LogP contribution in [0, 0.1) is 0 Å². The van der Waals surface area contributed by atoms with Gasteiger partial charge in [-0.15, -0.1) is 0 Å². The molecule has 6 nitrogen and oxygen atoms in total. The number of ether oxygens (including phenoxy) is 2. The largest absolute Gasteiger partial charge is 0.453 e. The number of rotatable bonds is 6. The van der Waals surface area contributed by atoms with Gasteiger partial charge in [-0.25, -0.2) is 18.4 Å². The molecule has 0 saturated heterocycles. The third kappa shape index (κ3) is 6.41. The molecular weight excluding hydrogens is 556 g/mol. The van der Waals surface area contributed by atoms with Gasteiger partial charge in [-0.05, 0) is 72.9 Å². The number of alkyl halides is 8. The van der Waals surface area contributed by atoms with Crippen LogP contribution in [0.25, 0.3) is 0 Å². The zero-order valence-corrected chi connectivity index (χ0v) is 21.6. The molecule has 1 aliphatic heterocycles. The van der Waals surface area contributed by atoms with Crippen molar-refractivity contribution in [3.63, 3.8) is 0 Å². The number of hydrogen-bond acceptors (Lipinski definition) is 4. The zero-order chi connectivity index (χ0) is 30.0. The normalized spacial score (nSPS) is 17.3. The first kappa shape index (κ1) is 31.0. The van der Waals surface area contributed by atoms with Crippen molar-refractivity contribution in [1.82, 2.24) is 4.90 Å². The Kier molecular flexibility index (Phi) is 9.20. The summed E-state index contributed by atoms with van der Waals surface area (Å²) < 4.78 is 118. The van der Waals surface area contributed by atoms with Gasteiger partial charge in [0, 0.05) is 12.6 Å². The van der Waals surface area contributed by atoms with Gasteiger partial charge in [0.05, 0.1) is 36.6 Å². The number of anilines is 1. The summed E-state index contributed by atoms with van der Waals surface area (Å²) in [5.74, 6) is 0. The van der Waals surface area contributed by atoms with Gasteiger partial charge in [-0.1, -0.05) is 0 Å². The molecular formula is C26H26F8N2O4. The maximum atomic E-state index is 13.8. The van der Waals surface area contributed by atoms with E-state index in [-0.39, 0.29) is 41.5 Å². The molecule has 1 heterocycles. The highest BCUT2D eigenvalue weighted by Crippen LogP contribution is 2.44. The highest BCUT2D eigenvalue weighted by Gasteiger charge is 2.41. The van der Waals surface area contributed by atoms with Gasteiger partial charge in [-0.2, -0.15) is 26.3 Å². The fourth-order valence-corrected chi connectivity index (χ4v) is 4.71. The Morgan fingerprint density at radius 1 is 0.950 bits per heavy atom. The molecule has 2 unspecified atom stereocenters. The Hall–Kier alpha value is -3.58. The standard InChI is InChI=1S/C26H26F8N2O4/c1-4-40-24(38)36-14(2)5-21(20-8-16(11-27)17(12-28)9-22(20)36)35(23(37)39-3)13-15-6-18(25(29,30)31)10-19(7-15)26(32,33)34/h6-10,14,21H,4-5,11-13H2,1-3H3. The van der Waals surface area contributed by atoms with E-state index in [0.717, 1.165) is 12.0 Å². The van der Waals surface area contributed by atoms with E-state index in [0.29, 0.717) is 12.1 Å². The highest BCUT2D eigenvalue weighted by atomic mass is 19.4. The number of methoxy groups -OCH3 is 1. The van der Waals surface area contributed by atoms with Gasteiger partial charge in [0.1, 0.15) is 13.3 Å². The van der Waals surface area contributed by atoms with Crippen molar-refractivity contribution < 1.29 is 54.2 Å². The number of halogens is 8. The number of amides is 2. The van der Waals surface area contributed by atoms with E-state index in [1.165, 1.54) is 17.0 Å². The number of fused-ring (bicyclic) bond motifs is 1. The quantitative estimate of drug-likeness (QED) is 0.327. The van der Waals surface area contributed by atoms with Gasteiger partial charge in [0.25, 0.3) is 0 Å². The van der Waals surface area contributed by atoms with Crippen LogP contribution in [0.3, 0.4) is 0 Å². The van der Waals surface area contributed by atoms with E-state index in [9.17, 15) is 44.7 Å². The second-order valence-corrected chi connectivity index (χ2v) is 9.13. The Bertz CT molecular complexity index is 1220. The fraction of sp³-hybridized carbons (Fsp3) is 0.462. The van der Waals surface area contributed by atoms with Crippen molar-refractivity contribution in [3.05, 3.63) is 63.7 Å². The molecule has 2 atom stereocenters. The maximum absolute atomic E-state index is 13.8. The van der Waals surface area contributed by atoms with E-state index in [2.05, 4.69) is 0 Å². The van der Waals surface area contributed by atoms with Crippen LogP contribution in [0.4, 0.5) is 50.4 Å². The first-order valence-electron chi connectivity index (χ1n) is 12.0. The lowest BCUT2D eigenvalue weighted by Gasteiger charge is -2.43. The van der Waals surface area contributed by atoms with Crippen molar-refractivity contribution in [2.24, 2.45) is 0 Å². The van der Waals surface area contributed by atoms with Crippen LogP contribution < -0.4 is 4.90 Å². The SMILES string of the molecule is CCOC(=O)N1c2cc(CF)c(CF)cc2C(N(Cc2cc(C(F)(F)F)cc(C(F)(F)F)c2)C(=O)OC)CC1C. The van der Waals surface area contributed by atoms with Crippen LogP contribution in [0.5, 0.6) is 0 Å². The van der Waals surface area contributed by atoms with E-state index < -0.39 is 73.2 Å². The predicted molar refractivity (Wildman–Crippen MR) is 127 cm³/mol. The number of nitrogens with zero attached hydrogens (tertiary/aromatic N) is 2. The van der Waals surface area contributed by atoms with Crippen molar-refractivity contribution in [2.45, 2.75) is 64.6 Å². The molecule has 0 fully saturated rings. The molecule has 40 heavy (non-hydrogen) atoms. The Labute approximate surface area is 224 Å². The van der Waals surface area contributed by atoms with Crippen LogP contribution in [0.15, 0.2) is 30.3 Å². The Morgan fingerprint density at radius 3 is 1.98 bits per heavy atom. The van der Waals surface area contributed by atoms with Crippen LogP contribution >= 0.6 is 0 Å². The van der Waals surface area contributed by atoms with Gasteiger partial charge in [-0.3, -0.25) is 9.80 Å². The van der Waals surface area contributed by atoms with Crippen LogP contribution in [-0.2, 0) is 41.7 Å². The van der Waals surface area contributed by atoms with Crippen LogP contribution in [0.1, 0.15) is 59.7 Å². The monoisotopic (exact) mass is 582 g/mol. The molecule has 14 heteroatoms. The zero-order valence-electron chi connectivity index (χ0n) is 21.6. The van der Waals surface area contributed by atoms with Gasteiger partial charge in [0.15, 0.2) is 0 Å². The molecule has 0 N–H and O–H groups in total. The van der Waals surface area contributed by atoms with Crippen molar-refractivity contribution in [1.29, 1.82) is 0 Å². The summed E-state index contributed by atoms with van der Waals surface area (Å²) in [7, 11) is 0.972. The number of carbonyl (C=O) groups is 2. The van der Waals surface area contributed by atoms with E-state index >= 15 is 0 Å². The highest BCUT2D eigenvalue weighted by molar-refractivity contribution is 5.90. The second kappa shape index (κ2) is 11.9. The summed E-state index contributed by atoms with van der Waals surface area (Å²) in [6.45, 7) is 0.143. The van der Waals surface area contributed by atoms with E-state index in [1.807, 2.05) is 0 Å². The topological polar surface area (TPSA) is 59.1 Å². The smallest absolute Gasteiger partial charge is 0.416 e. The van der Waals surface area contributed by atoms with Crippen molar-refractivity contribution in [3.8, 4) is 0 Å². The minimum atomic E-state index is -5.11. The second-order valence-electron chi connectivity index (χ2n) is 9.13. The minimum Gasteiger partial charge on any atom is -0.453 e. The molecule has 0 aliphatic carbocycles. The molecule has 2 amide bonds. The summed E-state index contributed by atoms with van der Waals surface area (Å²) in [5, 5.41) is 0. The maximum Gasteiger partial charge on any atom is 0.416 e. The average molecular weight is 582 g/mol. The van der Waals surface area contributed by atoms with E-state index in [1.54, 1.807) is 13.8 Å². The molecule has 0 radical (unpaired) electrons. The molecule has 0 saturated carbocycles. The van der Waals surface area contributed by atoms with Crippen molar-refractivity contribution in [2.75, 3.05) is 18.6 Å². The molecule has 1 aliphatic rings. The summed E-state index contributed by atoms with van der Waals surface area (Å²) >= 11 is 0.